The smallest absolute Gasteiger partial charge is 0.232 e. The first kappa shape index (κ1) is 20.6. The minimum Gasteiger partial charge on any atom is -0.494 e. The van der Waals surface area contributed by atoms with Crippen LogP contribution in [0.25, 0.3) is 0 Å². The highest BCUT2D eigenvalue weighted by Crippen LogP contribution is 2.34. The van der Waals surface area contributed by atoms with Gasteiger partial charge in [-0.2, -0.15) is 0 Å². The Morgan fingerprint density at radius 1 is 1.38 bits per heavy atom. The molecule has 0 aliphatic heterocycles. The number of carbonyl (C=O) groups excluding carboxylic acids is 1. The predicted molar refractivity (Wildman–Crippen MR) is 97.4 cm³/mol. The fourth-order valence-electron chi connectivity index (χ4n) is 2.21. The summed E-state index contributed by atoms with van der Waals surface area (Å²) in [6.07, 6.45) is 1.52. The standard InChI is InChI=1S/C16H25ClN2O4S/c1-11(2)8-16(20)18-6-7-19(24(5,21)22)14-9-12(3)13(17)10-15(14)23-4/h9-11H,6-8H2,1-5H3,(H,18,20). The van der Waals surface area contributed by atoms with Gasteiger partial charge in [0.25, 0.3) is 0 Å². The molecule has 0 atom stereocenters. The van der Waals surface area contributed by atoms with Gasteiger partial charge in [-0.3, -0.25) is 9.10 Å². The summed E-state index contributed by atoms with van der Waals surface area (Å²) < 4.78 is 30.8. The highest BCUT2D eigenvalue weighted by Gasteiger charge is 2.22. The van der Waals surface area contributed by atoms with Gasteiger partial charge in [-0.1, -0.05) is 25.4 Å². The number of methoxy groups -OCH3 is 1. The van der Waals surface area contributed by atoms with Crippen LogP contribution in [-0.2, 0) is 14.8 Å². The maximum absolute atomic E-state index is 12.2. The lowest BCUT2D eigenvalue weighted by Crippen LogP contribution is -2.38. The molecule has 6 nitrogen and oxygen atoms in total. The van der Waals surface area contributed by atoms with E-state index in [1.807, 2.05) is 13.8 Å². The Hall–Kier alpha value is -1.47. The molecule has 0 aliphatic carbocycles. The normalized spacial score (nSPS) is 11.5. The van der Waals surface area contributed by atoms with E-state index >= 15 is 0 Å². The average Bonchev–Trinajstić information content (AvgIpc) is 2.44. The Morgan fingerprint density at radius 3 is 2.50 bits per heavy atom. The number of rotatable bonds is 8. The molecule has 8 heteroatoms. The Morgan fingerprint density at radius 2 is 2.00 bits per heavy atom. The molecule has 1 aromatic rings. The van der Waals surface area contributed by atoms with Crippen molar-refractivity contribution in [3.05, 3.63) is 22.7 Å². The van der Waals surface area contributed by atoms with E-state index in [1.165, 1.54) is 11.4 Å². The number of carbonyl (C=O) groups is 1. The van der Waals surface area contributed by atoms with Crippen LogP contribution in [0, 0.1) is 12.8 Å². The van der Waals surface area contributed by atoms with E-state index in [0.717, 1.165) is 11.8 Å². The van der Waals surface area contributed by atoms with Gasteiger partial charge in [-0.15, -0.1) is 0 Å². The summed E-state index contributed by atoms with van der Waals surface area (Å²) in [7, 11) is -2.09. The highest BCUT2D eigenvalue weighted by atomic mass is 35.5. The molecule has 136 valence electrons. The minimum atomic E-state index is -3.54. The van der Waals surface area contributed by atoms with E-state index in [4.69, 9.17) is 16.3 Å². The van der Waals surface area contributed by atoms with E-state index in [0.29, 0.717) is 22.9 Å². The van der Waals surface area contributed by atoms with Crippen molar-refractivity contribution in [3.63, 3.8) is 0 Å². The summed E-state index contributed by atoms with van der Waals surface area (Å²) in [5.74, 6) is 0.511. The Balaban J connectivity index is 3.00. The summed E-state index contributed by atoms with van der Waals surface area (Å²) in [5, 5.41) is 3.23. The summed E-state index contributed by atoms with van der Waals surface area (Å²) in [6.45, 7) is 6.01. The molecule has 0 unspecified atom stereocenters. The Bertz CT molecular complexity index is 690. The monoisotopic (exact) mass is 376 g/mol. The number of sulfonamides is 1. The molecule has 0 bridgehead atoms. The van der Waals surface area contributed by atoms with Gasteiger partial charge in [0, 0.05) is 24.1 Å². The van der Waals surface area contributed by atoms with Crippen molar-refractivity contribution in [2.24, 2.45) is 5.92 Å². The van der Waals surface area contributed by atoms with Gasteiger partial charge < -0.3 is 10.1 Å². The summed E-state index contributed by atoms with van der Waals surface area (Å²) in [5.41, 5.74) is 1.14. The fraction of sp³-hybridized carbons (Fsp3) is 0.562. The first-order valence-electron chi connectivity index (χ1n) is 7.64. The Labute approximate surface area is 149 Å². The van der Waals surface area contributed by atoms with Crippen molar-refractivity contribution in [2.75, 3.05) is 30.8 Å². The lowest BCUT2D eigenvalue weighted by molar-refractivity contribution is -0.121. The molecule has 0 aliphatic rings. The number of halogens is 1. The van der Waals surface area contributed by atoms with Gasteiger partial charge in [0.1, 0.15) is 5.75 Å². The number of benzene rings is 1. The molecule has 24 heavy (non-hydrogen) atoms. The quantitative estimate of drug-likeness (QED) is 0.756. The van der Waals surface area contributed by atoms with Gasteiger partial charge in [0.05, 0.1) is 25.6 Å². The zero-order valence-corrected chi connectivity index (χ0v) is 16.3. The number of amides is 1. The van der Waals surface area contributed by atoms with E-state index in [9.17, 15) is 13.2 Å². The number of hydrogen-bond donors (Lipinski definition) is 1. The lowest BCUT2D eigenvalue weighted by Gasteiger charge is -2.25. The van der Waals surface area contributed by atoms with Crippen molar-refractivity contribution in [2.45, 2.75) is 27.2 Å². The molecule has 0 spiro atoms. The second kappa shape index (κ2) is 8.58. The van der Waals surface area contributed by atoms with Gasteiger partial charge in [0.2, 0.25) is 15.9 Å². The SMILES string of the molecule is COc1cc(Cl)c(C)cc1N(CCNC(=O)CC(C)C)S(C)(=O)=O. The third kappa shape index (κ3) is 5.87. The summed E-state index contributed by atoms with van der Waals surface area (Å²) in [6, 6.07) is 3.25. The molecular weight excluding hydrogens is 352 g/mol. The molecule has 0 fully saturated rings. The van der Waals surface area contributed by atoms with E-state index < -0.39 is 10.0 Å². The maximum Gasteiger partial charge on any atom is 0.232 e. The topological polar surface area (TPSA) is 75.7 Å². The largest absolute Gasteiger partial charge is 0.494 e. The molecule has 0 saturated heterocycles. The first-order valence-corrected chi connectivity index (χ1v) is 9.87. The zero-order chi connectivity index (χ0) is 18.5. The van der Waals surface area contributed by atoms with Gasteiger partial charge in [-0.05, 0) is 24.5 Å². The number of aryl methyl sites for hydroxylation is 1. The van der Waals surface area contributed by atoms with Crippen LogP contribution >= 0.6 is 11.6 Å². The minimum absolute atomic E-state index is 0.0993. The molecule has 0 radical (unpaired) electrons. The van der Waals surface area contributed by atoms with Crippen molar-refractivity contribution in [3.8, 4) is 5.75 Å². The third-order valence-corrected chi connectivity index (χ3v) is 4.95. The third-order valence-electron chi connectivity index (χ3n) is 3.36. The fourth-order valence-corrected chi connectivity index (χ4v) is 3.29. The van der Waals surface area contributed by atoms with Crippen molar-refractivity contribution in [1.82, 2.24) is 5.32 Å². The van der Waals surface area contributed by atoms with E-state index in [1.54, 1.807) is 19.1 Å². The van der Waals surface area contributed by atoms with Crippen LogP contribution < -0.4 is 14.4 Å². The molecule has 0 heterocycles. The molecule has 0 saturated carbocycles. The number of ether oxygens (including phenoxy) is 1. The van der Waals surface area contributed by atoms with E-state index in [2.05, 4.69) is 5.32 Å². The van der Waals surface area contributed by atoms with Gasteiger partial charge in [-0.25, -0.2) is 8.42 Å². The number of nitrogens with one attached hydrogen (secondary N) is 1. The molecule has 0 aromatic heterocycles. The average molecular weight is 377 g/mol. The second-order valence-corrected chi connectivity index (χ2v) is 8.37. The van der Waals surface area contributed by atoms with Crippen molar-refractivity contribution in [1.29, 1.82) is 0 Å². The van der Waals surface area contributed by atoms with Crippen LogP contribution in [-0.4, -0.2) is 40.8 Å². The van der Waals surface area contributed by atoms with E-state index in [-0.39, 0.29) is 24.9 Å². The highest BCUT2D eigenvalue weighted by molar-refractivity contribution is 7.92. The number of nitrogens with zero attached hydrogens (tertiary/aromatic N) is 1. The molecule has 1 amide bonds. The predicted octanol–water partition coefficient (Wildman–Crippen LogP) is 2.59. The number of anilines is 1. The molecule has 1 rings (SSSR count). The molecular formula is C16H25ClN2O4S. The van der Waals surface area contributed by atoms with Crippen LogP contribution in [0.4, 0.5) is 5.69 Å². The Kier molecular flexibility index (Phi) is 7.35. The van der Waals surface area contributed by atoms with Crippen LogP contribution in [0.3, 0.4) is 0 Å². The number of hydrogen-bond acceptors (Lipinski definition) is 4. The van der Waals surface area contributed by atoms with Gasteiger partial charge >= 0.3 is 0 Å². The summed E-state index contributed by atoms with van der Waals surface area (Å²) >= 11 is 6.07. The van der Waals surface area contributed by atoms with Crippen molar-refractivity contribution < 1.29 is 17.9 Å². The van der Waals surface area contributed by atoms with Gasteiger partial charge in [0.15, 0.2) is 0 Å². The second-order valence-electron chi connectivity index (χ2n) is 6.06. The molecule has 1 N–H and O–H groups in total. The summed E-state index contributed by atoms with van der Waals surface area (Å²) in [4.78, 5) is 11.7. The van der Waals surface area contributed by atoms with Crippen LogP contribution in [0.2, 0.25) is 5.02 Å². The van der Waals surface area contributed by atoms with Crippen LogP contribution in [0.5, 0.6) is 5.75 Å². The van der Waals surface area contributed by atoms with Crippen molar-refractivity contribution >= 4 is 33.2 Å². The van der Waals surface area contributed by atoms with Crippen LogP contribution in [0.15, 0.2) is 12.1 Å². The van der Waals surface area contributed by atoms with Crippen LogP contribution in [0.1, 0.15) is 25.8 Å². The molecule has 1 aromatic carbocycles. The first-order chi connectivity index (χ1) is 11.1. The zero-order valence-electron chi connectivity index (χ0n) is 14.7. The maximum atomic E-state index is 12.2. The lowest BCUT2D eigenvalue weighted by atomic mass is 10.1.